The van der Waals surface area contributed by atoms with E-state index in [2.05, 4.69) is 12.2 Å². The molecule has 0 aromatic heterocycles. The third-order valence-corrected chi connectivity index (χ3v) is 4.19. The van der Waals surface area contributed by atoms with Crippen molar-refractivity contribution in [2.75, 3.05) is 5.32 Å². The fourth-order valence-corrected chi connectivity index (χ4v) is 2.68. The molecule has 0 aliphatic heterocycles. The molecule has 1 aromatic carbocycles. The molecule has 0 spiro atoms. The monoisotopic (exact) mass is 290 g/mol. The number of hydrogen-bond acceptors (Lipinski definition) is 3. The van der Waals surface area contributed by atoms with Gasteiger partial charge in [0.15, 0.2) is 0 Å². The topological polar surface area (TPSA) is 64.3 Å². The smallest absolute Gasteiger partial charge is 0.253 e. The maximum absolute atomic E-state index is 12.1. The minimum absolute atomic E-state index is 0.0888. The van der Waals surface area contributed by atoms with Crippen molar-refractivity contribution in [1.29, 1.82) is 0 Å². The number of carbonyl (C=O) groups is 1. The molecule has 0 bridgehead atoms. The van der Waals surface area contributed by atoms with Gasteiger partial charge in [0, 0.05) is 12.2 Å². The Balaban J connectivity index is 1.81. The van der Waals surface area contributed by atoms with Crippen molar-refractivity contribution in [3.8, 4) is 0 Å². The zero-order chi connectivity index (χ0) is 15.2. The maximum atomic E-state index is 12.1. The Kier molecular flexibility index (Phi) is 5.76. The maximum Gasteiger partial charge on any atom is 0.253 e. The number of hydrogen-bond donors (Lipinski definition) is 2. The first-order valence-electron chi connectivity index (χ1n) is 7.84. The van der Waals surface area contributed by atoms with Crippen LogP contribution < -0.4 is 11.1 Å². The van der Waals surface area contributed by atoms with E-state index in [1.165, 1.54) is 12.8 Å². The molecule has 21 heavy (non-hydrogen) atoms. The van der Waals surface area contributed by atoms with E-state index in [4.69, 9.17) is 10.5 Å². The number of nitrogens with two attached hydrogens (primary N) is 1. The quantitative estimate of drug-likeness (QED) is 0.876. The van der Waals surface area contributed by atoms with Crippen LogP contribution in [0.25, 0.3) is 0 Å². The Hall–Kier alpha value is -1.39. The van der Waals surface area contributed by atoms with Crippen LogP contribution in [0, 0.1) is 5.92 Å². The summed E-state index contributed by atoms with van der Waals surface area (Å²) in [5.74, 6) is 0.698. The average molecular weight is 290 g/mol. The van der Waals surface area contributed by atoms with Crippen molar-refractivity contribution in [3.63, 3.8) is 0 Å². The van der Waals surface area contributed by atoms with E-state index < -0.39 is 6.10 Å². The van der Waals surface area contributed by atoms with Crippen LogP contribution in [-0.2, 0) is 16.1 Å². The molecular weight excluding hydrogens is 264 g/mol. The lowest BCUT2D eigenvalue weighted by Gasteiger charge is -2.28. The van der Waals surface area contributed by atoms with Gasteiger partial charge in [0.1, 0.15) is 6.10 Å². The van der Waals surface area contributed by atoms with E-state index >= 15 is 0 Å². The summed E-state index contributed by atoms with van der Waals surface area (Å²) in [7, 11) is 0. The lowest BCUT2D eigenvalue weighted by molar-refractivity contribution is -0.131. The first kappa shape index (κ1) is 16.0. The molecule has 4 nitrogen and oxygen atoms in total. The summed E-state index contributed by atoms with van der Waals surface area (Å²) < 4.78 is 5.89. The van der Waals surface area contributed by atoms with Crippen molar-refractivity contribution in [1.82, 2.24) is 0 Å². The molecule has 3 N–H and O–H groups in total. The third-order valence-electron chi connectivity index (χ3n) is 4.19. The highest BCUT2D eigenvalue weighted by atomic mass is 16.5. The van der Waals surface area contributed by atoms with Crippen LogP contribution in [0.1, 0.15) is 45.1 Å². The zero-order valence-electron chi connectivity index (χ0n) is 13.0. The van der Waals surface area contributed by atoms with Crippen LogP contribution >= 0.6 is 0 Å². The van der Waals surface area contributed by atoms with Gasteiger partial charge in [-0.15, -0.1) is 0 Å². The highest BCUT2D eigenvalue weighted by Crippen LogP contribution is 2.26. The highest BCUT2D eigenvalue weighted by Gasteiger charge is 2.23. The minimum Gasteiger partial charge on any atom is -0.365 e. The van der Waals surface area contributed by atoms with Crippen molar-refractivity contribution in [3.05, 3.63) is 29.8 Å². The van der Waals surface area contributed by atoms with Gasteiger partial charge in [0.25, 0.3) is 5.91 Å². The van der Waals surface area contributed by atoms with Gasteiger partial charge >= 0.3 is 0 Å². The Morgan fingerprint density at radius 2 is 1.90 bits per heavy atom. The first-order chi connectivity index (χ1) is 10.1. The van der Waals surface area contributed by atoms with E-state index in [9.17, 15) is 4.79 Å². The second kappa shape index (κ2) is 7.57. The average Bonchev–Trinajstić information content (AvgIpc) is 2.50. The Labute approximate surface area is 127 Å². The summed E-state index contributed by atoms with van der Waals surface area (Å²) >= 11 is 0. The molecule has 1 amide bonds. The standard InChI is InChI=1S/C17H26N2O2/c1-12-3-9-16(10-4-12)21-13(2)17(20)19-15-7-5-14(11-18)6-8-15/h5-8,12-13,16H,3-4,9-11,18H2,1-2H3,(H,19,20). The van der Waals surface area contributed by atoms with Gasteiger partial charge < -0.3 is 15.8 Å². The molecule has 1 aliphatic carbocycles. The molecule has 1 aromatic rings. The van der Waals surface area contributed by atoms with Crippen LogP contribution in [0.5, 0.6) is 0 Å². The number of nitrogens with one attached hydrogen (secondary N) is 1. The number of carbonyl (C=O) groups excluding carboxylic acids is 1. The highest BCUT2D eigenvalue weighted by molar-refractivity contribution is 5.93. The second-order valence-electron chi connectivity index (χ2n) is 6.05. The van der Waals surface area contributed by atoms with Gasteiger partial charge in [0.2, 0.25) is 0 Å². The predicted octanol–water partition coefficient (Wildman–Crippen LogP) is 3.07. The van der Waals surface area contributed by atoms with E-state index in [0.717, 1.165) is 30.0 Å². The van der Waals surface area contributed by atoms with Gasteiger partial charge in [-0.05, 0) is 56.2 Å². The van der Waals surface area contributed by atoms with Crippen molar-refractivity contribution >= 4 is 11.6 Å². The molecule has 0 heterocycles. The molecule has 1 fully saturated rings. The summed E-state index contributed by atoms with van der Waals surface area (Å²) in [5, 5.41) is 2.89. The molecule has 1 unspecified atom stereocenters. The molecule has 1 aliphatic rings. The fourth-order valence-electron chi connectivity index (χ4n) is 2.68. The molecule has 1 atom stereocenters. The Morgan fingerprint density at radius 1 is 1.29 bits per heavy atom. The van der Waals surface area contributed by atoms with Crippen LogP contribution in [0.4, 0.5) is 5.69 Å². The van der Waals surface area contributed by atoms with Crippen LogP contribution in [0.2, 0.25) is 0 Å². The lowest BCUT2D eigenvalue weighted by Crippen LogP contribution is -2.33. The summed E-state index contributed by atoms with van der Waals surface area (Å²) in [4.78, 5) is 12.1. The van der Waals surface area contributed by atoms with Crippen molar-refractivity contribution < 1.29 is 9.53 Å². The predicted molar refractivity (Wildman–Crippen MR) is 84.9 cm³/mol. The van der Waals surface area contributed by atoms with Gasteiger partial charge in [-0.25, -0.2) is 0 Å². The minimum atomic E-state index is -0.419. The van der Waals surface area contributed by atoms with Crippen LogP contribution in [-0.4, -0.2) is 18.1 Å². The number of ether oxygens (including phenoxy) is 1. The molecule has 2 rings (SSSR count). The van der Waals surface area contributed by atoms with E-state index in [1.54, 1.807) is 0 Å². The van der Waals surface area contributed by atoms with E-state index in [0.29, 0.717) is 6.54 Å². The first-order valence-corrected chi connectivity index (χ1v) is 7.84. The lowest BCUT2D eigenvalue weighted by atomic mass is 9.89. The fraction of sp³-hybridized carbons (Fsp3) is 0.588. The molecule has 1 saturated carbocycles. The summed E-state index contributed by atoms with van der Waals surface area (Å²) in [6.07, 6.45) is 4.31. The van der Waals surface area contributed by atoms with Crippen molar-refractivity contribution in [2.45, 2.75) is 58.3 Å². The summed E-state index contributed by atoms with van der Waals surface area (Å²) in [6.45, 7) is 4.60. The number of amides is 1. The molecular formula is C17H26N2O2. The summed E-state index contributed by atoms with van der Waals surface area (Å²) in [6, 6.07) is 7.58. The molecule has 116 valence electrons. The van der Waals surface area contributed by atoms with Gasteiger partial charge in [-0.3, -0.25) is 4.79 Å². The molecule has 4 heteroatoms. The third kappa shape index (κ3) is 4.83. The normalized spacial score (nSPS) is 23.6. The van der Waals surface area contributed by atoms with Gasteiger partial charge in [-0.1, -0.05) is 19.1 Å². The van der Waals surface area contributed by atoms with Crippen LogP contribution in [0.3, 0.4) is 0 Å². The van der Waals surface area contributed by atoms with E-state index in [1.807, 2.05) is 31.2 Å². The number of benzene rings is 1. The SMILES string of the molecule is CC1CCC(OC(C)C(=O)Nc2ccc(CN)cc2)CC1. The Morgan fingerprint density at radius 3 is 2.48 bits per heavy atom. The summed E-state index contributed by atoms with van der Waals surface area (Å²) in [5.41, 5.74) is 7.39. The van der Waals surface area contributed by atoms with Gasteiger partial charge in [-0.2, -0.15) is 0 Å². The zero-order valence-corrected chi connectivity index (χ0v) is 13.0. The molecule has 0 saturated heterocycles. The van der Waals surface area contributed by atoms with Crippen LogP contribution in [0.15, 0.2) is 24.3 Å². The molecule has 0 radical (unpaired) electrons. The number of anilines is 1. The number of rotatable bonds is 5. The van der Waals surface area contributed by atoms with E-state index in [-0.39, 0.29) is 12.0 Å². The Bertz CT molecular complexity index is 450. The second-order valence-corrected chi connectivity index (χ2v) is 6.05. The van der Waals surface area contributed by atoms with Crippen molar-refractivity contribution in [2.24, 2.45) is 11.7 Å². The largest absolute Gasteiger partial charge is 0.365 e. The van der Waals surface area contributed by atoms with Gasteiger partial charge in [0.05, 0.1) is 6.10 Å².